The fourth-order valence-corrected chi connectivity index (χ4v) is 3.58. The lowest BCUT2D eigenvalue weighted by Crippen LogP contribution is -2.29. The smallest absolute Gasteiger partial charge is 0.260 e. The zero-order valence-corrected chi connectivity index (χ0v) is 17.2. The average Bonchev–Trinajstić information content (AvgIpc) is 2.75. The SMILES string of the molecule is CC(C)c1cnc(NC(=O)c2cccc3cnc(N[C@H]4CC[C@H](O)CC4)nc23)nc1. The largest absolute Gasteiger partial charge is 0.393 e. The molecule has 2 heterocycles. The van der Waals surface area contributed by atoms with Crippen LogP contribution in [0.1, 0.15) is 61.4 Å². The van der Waals surface area contributed by atoms with Crippen molar-refractivity contribution < 1.29 is 9.90 Å². The fraction of sp³-hybridized carbons (Fsp3) is 0.409. The van der Waals surface area contributed by atoms with Gasteiger partial charge in [-0.15, -0.1) is 0 Å². The molecule has 0 saturated heterocycles. The summed E-state index contributed by atoms with van der Waals surface area (Å²) in [5, 5.41) is 16.6. The number of hydrogen-bond donors (Lipinski definition) is 3. The number of aliphatic hydroxyl groups excluding tert-OH is 1. The number of para-hydroxylation sites is 1. The second-order valence-electron chi connectivity index (χ2n) is 8.04. The Kier molecular flexibility index (Phi) is 5.85. The van der Waals surface area contributed by atoms with Crippen molar-refractivity contribution in [3.05, 3.63) is 47.9 Å². The topological polar surface area (TPSA) is 113 Å². The van der Waals surface area contributed by atoms with Crippen LogP contribution in [0.25, 0.3) is 10.9 Å². The van der Waals surface area contributed by atoms with Crippen molar-refractivity contribution in [1.29, 1.82) is 0 Å². The third kappa shape index (κ3) is 4.54. The molecule has 4 rings (SSSR count). The minimum atomic E-state index is -0.316. The Morgan fingerprint density at radius 3 is 2.43 bits per heavy atom. The lowest BCUT2D eigenvalue weighted by atomic mass is 9.93. The van der Waals surface area contributed by atoms with Gasteiger partial charge in [-0.2, -0.15) is 0 Å². The third-order valence-electron chi connectivity index (χ3n) is 5.45. The van der Waals surface area contributed by atoms with E-state index in [1.165, 1.54) is 0 Å². The van der Waals surface area contributed by atoms with Gasteiger partial charge >= 0.3 is 0 Å². The molecular formula is C22H26N6O2. The van der Waals surface area contributed by atoms with E-state index in [0.29, 0.717) is 22.9 Å². The van der Waals surface area contributed by atoms with E-state index in [1.807, 2.05) is 6.07 Å². The Labute approximate surface area is 175 Å². The summed E-state index contributed by atoms with van der Waals surface area (Å²) in [6.07, 6.45) is 8.23. The molecule has 0 spiro atoms. The summed E-state index contributed by atoms with van der Waals surface area (Å²) >= 11 is 0. The minimum Gasteiger partial charge on any atom is -0.393 e. The van der Waals surface area contributed by atoms with E-state index in [9.17, 15) is 9.90 Å². The van der Waals surface area contributed by atoms with Crippen LogP contribution in [-0.4, -0.2) is 43.1 Å². The van der Waals surface area contributed by atoms with Gasteiger partial charge in [-0.1, -0.05) is 26.0 Å². The van der Waals surface area contributed by atoms with Gasteiger partial charge in [0.05, 0.1) is 17.2 Å². The molecular weight excluding hydrogens is 380 g/mol. The number of benzene rings is 1. The van der Waals surface area contributed by atoms with Crippen molar-refractivity contribution in [2.75, 3.05) is 10.6 Å². The quantitative estimate of drug-likeness (QED) is 0.594. The highest BCUT2D eigenvalue weighted by atomic mass is 16.3. The molecule has 1 aliphatic carbocycles. The molecule has 30 heavy (non-hydrogen) atoms. The van der Waals surface area contributed by atoms with E-state index < -0.39 is 0 Å². The Bertz CT molecular complexity index is 1030. The van der Waals surface area contributed by atoms with Gasteiger partial charge in [-0.3, -0.25) is 10.1 Å². The monoisotopic (exact) mass is 406 g/mol. The summed E-state index contributed by atoms with van der Waals surface area (Å²) in [6.45, 7) is 4.13. The number of aromatic nitrogens is 4. The number of anilines is 2. The molecule has 3 aromatic rings. The van der Waals surface area contributed by atoms with Crippen LogP contribution in [0.15, 0.2) is 36.8 Å². The molecule has 1 amide bonds. The minimum absolute atomic E-state index is 0.215. The second-order valence-corrected chi connectivity index (χ2v) is 8.04. The maximum absolute atomic E-state index is 12.9. The van der Waals surface area contributed by atoms with Gasteiger partial charge in [-0.25, -0.2) is 19.9 Å². The van der Waals surface area contributed by atoms with Gasteiger partial charge in [0.15, 0.2) is 0 Å². The highest BCUT2D eigenvalue weighted by Gasteiger charge is 2.20. The first kappa shape index (κ1) is 20.2. The Balaban J connectivity index is 1.54. The molecule has 1 aromatic carbocycles. The van der Waals surface area contributed by atoms with Crippen molar-refractivity contribution in [3.8, 4) is 0 Å². The molecule has 0 aliphatic heterocycles. The van der Waals surface area contributed by atoms with E-state index in [-0.39, 0.29) is 24.0 Å². The average molecular weight is 406 g/mol. The first-order valence-corrected chi connectivity index (χ1v) is 10.3. The lowest BCUT2D eigenvalue weighted by Gasteiger charge is -2.26. The Morgan fingerprint density at radius 1 is 1.03 bits per heavy atom. The maximum Gasteiger partial charge on any atom is 0.260 e. The van der Waals surface area contributed by atoms with E-state index in [2.05, 4.69) is 44.4 Å². The summed E-state index contributed by atoms with van der Waals surface area (Å²) in [7, 11) is 0. The molecule has 0 atom stereocenters. The van der Waals surface area contributed by atoms with Crippen LogP contribution in [0.3, 0.4) is 0 Å². The molecule has 3 N–H and O–H groups in total. The van der Waals surface area contributed by atoms with E-state index in [0.717, 1.165) is 36.6 Å². The number of fused-ring (bicyclic) bond motifs is 1. The first-order valence-electron chi connectivity index (χ1n) is 10.3. The van der Waals surface area contributed by atoms with E-state index in [1.54, 1.807) is 30.7 Å². The summed E-state index contributed by atoms with van der Waals surface area (Å²) in [4.78, 5) is 30.4. The normalized spacial score (nSPS) is 19.1. The predicted octanol–water partition coefficient (Wildman–Crippen LogP) is 3.51. The molecule has 1 fully saturated rings. The molecule has 2 aromatic heterocycles. The lowest BCUT2D eigenvalue weighted by molar-refractivity contribution is 0.102. The standard InChI is InChI=1S/C22H26N6O2/c1-13(2)15-11-23-21(24-12-15)28-20(30)18-5-3-4-14-10-25-22(27-19(14)18)26-16-6-8-17(29)9-7-16/h3-5,10-13,16-17,29H,6-9H2,1-2H3,(H,25,26,27)(H,23,24,28,30)/t16-,17-. The molecule has 1 saturated carbocycles. The molecule has 8 nitrogen and oxygen atoms in total. The van der Waals surface area contributed by atoms with Crippen LogP contribution in [-0.2, 0) is 0 Å². The Morgan fingerprint density at radius 2 is 1.73 bits per heavy atom. The van der Waals surface area contributed by atoms with Crippen LogP contribution in [0.5, 0.6) is 0 Å². The van der Waals surface area contributed by atoms with E-state index >= 15 is 0 Å². The molecule has 0 unspecified atom stereocenters. The summed E-state index contributed by atoms with van der Waals surface area (Å²) in [5.74, 6) is 0.752. The van der Waals surface area contributed by atoms with Gasteiger partial charge in [-0.05, 0) is 43.2 Å². The number of amides is 1. The fourth-order valence-electron chi connectivity index (χ4n) is 3.58. The molecule has 1 aliphatic rings. The van der Waals surface area contributed by atoms with Crippen molar-refractivity contribution in [1.82, 2.24) is 19.9 Å². The van der Waals surface area contributed by atoms with Crippen molar-refractivity contribution >= 4 is 28.7 Å². The number of nitrogens with zero attached hydrogens (tertiary/aromatic N) is 4. The third-order valence-corrected chi connectivity index (χ3v) is 5.45. The number of rotatable bonds is 5. The van der Waals surface area contributed by atoms with Gasteiger partial charge in [0.2, 0.25) is 11.9 Å². The van der Waals surface area contributed by atoms with Crippen molar-refractivity contribution in [2.45, 2.75) is 57.6 Å². The number of carbonyl (C=O) groups is 1. The van der Waals surface area contributed by atoms with Gasteiger partial charge < -0.3 is 10.4 Å². The predicted molar refractivity (Wildman–Crippen MR) is 115 cm³/mol. The maximum atomic E-state index is 12.9. The van der Waals surface area contributed by atoms with Gasteiger partial charge in [0, 0.05) is 30.0 Å². The van der Waals surface area contributed by atoms with Crippen LogP contribution < -0.4 is 10.6 Å². The summed E-state index contributed by atoms with van der Waals surface area (Å²) < 4.78 is 0. The number of nitrogens with one attached hydrogen (secondary N) is 2. The van der Waals surface area contributed by atoms with Crippen LogP contribution >= 0.6 is 0 Å². The zero-order valence-electron chi connectivity index (χ0n) is 17.2. The zero-order chi connectivity index (χ0) is 21.1. The first-order chi connectivity index (χ1) is 14.5. The molecule has 0 bridgehead atoms. The van der Waals surface area contributed by atoms with Crippen LogP contribution in [0.4, 0.5) is 11.9 Å². The number of aliphatic hydroxyl groups is 1. The molecule has 8 heteroatoms. The second kappa shape index (κ2) is 8.71. The number of hydrogen-bond acceptors (Lipinski definition) is 7. The summed E-state index contributed by atoms with van der Waals surface area (Å²) in [5.41, 5.74) is 2.02. The van der Waals surface area contributed by atoms with Gasteiger partial charge in [0.1, 0.15) is 0 Å². The van der Waals surface area contributed by atoms with Crippen molar-refractivity contribution in [3.63, 3.8) is 0 Å². The number of carbonyl (C=O) groups excluding carboxylic acids is 1. The Hall–Kier alpha value is -3.13. The highest BCUT2D eigenvalue weighted by molar-refractivity contribution is 6.11. The van der Waals surface area contributed by atoms with Crippen molar-refractivity contribution in [2.24, 2.45) is 0 Å². The molecule has 0 radical (unpaired) electrons. The highest BCUT2D eigenvalue weighted by Crippen LogP contribution is 2.23. The van der Waals surface area contributed by atoms with Gasteiger partial charge in [0.25, 0.3) is 5.91 Å². The summed E-state index contributed by atoms with van der Waals surface area (Å²) in [6, 6.07) is 5.63. The molecule has 156 valence electrons. The van der Waals surface area contributed by atoms with Crippen LogP contribution in [0.2, 0.25) is 0 Å². The van der Waals surface area contributed by atoms with Crippen LogP contribution in [0, 0.1) is 0 Å². The van der Waals surface area contributed by atoms with E-state index in [4.69, 9.17) is 0 Å².